The minimum Gasteiger partial charge on any atom is -0.457 e. The van der Waals surface area contributed by atoms with Gasteiger partial charge in [-0.1, -0.05) is 36.9 Å². The molecule has 21 heavy (non-hydrogen) atoms. The fourth-order valence-corrected chi connectivity index (χ4v) is 1.60. The van der Waals surface area contributed by atoms with E-state index in [9.17, 15) is 4.79 Å². The average molecular weight is 291 g/mol. The van der Waals surface area contributed by atoms with Crippen LogP contribution in [-0.2, 0) is 11.3 Å². The van der Waals surface area contributed by atoms with Gasteiger partial charge in [-0.25, -0.2) is 9.48 Å². The van der Waals surface area contributed by atoms with Gasteiger partial charge in [0.25, 0.3) is 0 Å². The van der Waals surface area contributed by atoms with Crippen molar-refractivity contribution in [3.8, 4) is 0 Å². The Bertz CT molecular complexity index is 644. The first-order chi connectivity index (χ1) is 10.0. The van der Waals surface area contributed by atoms with Crippen LogP contribution in [0.4, 0.5) is 0 Å². The summed E-state index contributed by atoms with van der Waals surface area (Å²) in [7, 11) is 0. The highest BCUT2D eigenvalue weighted by Gasteiger charge is 2.19. The van der Waals surface area contributed by atoms with Crippen molar-refractivity contribution in [3.05, 3.63) is 35.8 Å². The van der Waals surface area contributed by atoms with Crippen molar-refractivity contribution in [3.63, 3.8) is 0 Å². The Labute approximate surface area is 121 Å². The van der Waals surface area contributed by atoms with Crippen LogP contribution in [0.1, 0.15) is 47.7 Å². The first kappa shape index (κ1) is 14.9. The van der Waals surface area contributed by atoms with Gasteiger partial charge in [0.15, 0.2) is 11.5 Å². The van der Waals surface area contributed by atoms with Crippen LogP contribution in [0.2, 0.25) is 0 Å². The number of aromatic nitrogens is 5. The van der Waals surface area contributed by atoms with E-state index in [0.717, 1.165) is 0 Å². The summed E-state index contributed by atoms with van der Waals surface area (Å²) in [6.45, 7) is 9.55. The largest absolute Gasteiger partial charge is 0.457 e. The van der Waals surface area contributed by atoms with Gasteiger partial charge in [0.1, 0.15) is 13.2 Å². The van der Waals surface area contributed by atoms with Crippen molar-refractivity contribution in [1.82, 2.24) is 25.1 Å². The third kappa shape index (κ3) is 3.33. The fraction of sp³-hybridized carbons (Fsp3) is 0.462. The quantitative estimate of drug-likeness (QED) is 0.587. The Morgan fingerprint density at radius 1 is 1.52 bits per heavy atom. The van der Waals surface area contributed by atoms with E-state index in [1.165, 1.54) is 10.8 Å². The Morgan fingerprint density at radius 3 is 2.90 bits per heavy atom. The first-order valence-corrected chi connectivity index (χ1v) is 6.53. The van der Waals surface area contributed by atoms with Gasteiger partial charge in [-0.2, -0.15) is 4.98 Å². The molecule has 0 aromatic carbocycles. The number of nitrogens with zero attached hydrogens (tertiary/aromatic N) is 5. The summed E-state index contributed by atoms with van der Waals surface area (Å²) < 4.78 is 11.6. The van der Waals surface area contributed by atoms with Crippen LogP contribution in [-0.4, -0.2) is 37.7 Å². The number of hydrogen-bond acceptors (Lipinski definition) is 7. The number of esters is 1. The van der Waals surface area contributed by atoms with E-state index in [-0.39, 0.29) is 24.8 Å². The monoisotopic (exact) mass is 291 g/mol. The summed E-state index contributed by atoms with van der Waals surface area (Å²) in [5, 5.41) is 11.6. The second-order valence-corrected chi connectivity index (χ2v) is 4.77. The Balaban J connectivity index is 2.12. The summed E-state index contributed by atoms with van der Waals surface area (Å²) in [6, 6.07) is 0. The highest BCUT2D eigenvalue weighted by Crippen LogP contribution is 2.12. The van der Waals surface area contributed by atoms with Gasteiger partial charge in [-0.15, -0.1) is 5.10 Å². The molecule has 0 unspecified atom stereocenters. The van der Waals surface area contributed by atoms with Crippen LogP contribution >= 0.6 is 0 Å². The van der Waals surface area contributed by atoms with Crippen molar-refractivity contribution in [2.24, 2.45) is 0 Å². The number of ether oxygens (including phenoxy) is 1. The van der Waals surface area contributed by atoms with Crippen molar-refractivity contribution in [1.29, 1.82) is 0 Å². The summed E-state index contributed by atoms with van der Waals surface area (Å²) in [5.74, 6) is 0.674. The van der Waals surface area contributed by atoms with Gasteiger partial charge in [0, 0.05) is 5.92 Å². The molecule has 2 aromatic rings. The number of carbonyl (C=O) groups excluding carboxylic acids is 1. The summed E-state index contributed by atoms with van der Waals surface area (Å²) in [6.07, 6.45) is 1.49. The Hall–Kier alpha value is -2.51. The maximum absolute atomic E-state index is 11.7. The second-order valence-electron chi connectivity index (χ2n) is 4.77. The zero-order chi connectivity index (χ0) is 15.4. The van der Waals surface area contributed by atoms with E-state index in [2.05, 4.69) is 27.0 Å². The molecule has 0 spiro atoms. The molecule has 8 nitrogen and oxygen atoms in total. The van der Waals surface area contributed by atoms with Gasteiger partial charge in [0.2, 0.25) is 5.89 Å². The first-order valence-electron chi connectivity index (χ1n) is 6.53. The topological polar surface area (TPSA) is 95.9 Å². The Morgan fingerprint density at radius 2 is 2.29 bits per heavy atom. The van der Waals surface area contributed by atoms with Crippen LogP contribution < -0.4 is 0 Å². The van der Waals surface area contributed by atoms with Crippen LogP contribution in [0, 0.1) is 6.92 Å². The molecule has 0 radical (unpaired) electrons. The van der Waals surface area contributed by atoms with Crippen molar-refractivity contribution in [2.75, 3.05) is 6.61 Å². The van der Waals surface area contributed by atoms with Crippen LogP contribution in [0.15, 0.2) is 17.2 Å². The maximum atomic E-state index is 11.7. The molecule has 112 valence electrons. The second kappa shape index (κ2) is 6.29. The van der Waals surface area contributed by atoms with Crippen LogP contribution in [0.5, 0.6) is 0 Å². The lowest BCUT2D eigenvalue weighted by molar-refractivity contribution is 0.0542. The predicted octanol–water partition coefficient (Wildman–Crippen LogP) is 1.48. The average Bonchev–Trinajstić information content (AvgIpc) is 3.05. The van der Waals surface area contributed by atoms with E-state index in [1.807, 2.05) is 13.8 Å². The van der Waals surface area contributed by atoms with Crippen molar-refractivity contribution >= 4 is 5.97 Å². The van der Waals surface area contributed by atoms with Gasteiger partial charge in [-0.05, 0) is 6.92 Å². The van der Waals surface area contributed by atoms with Gasteiger partial charge in [0.05, 0.1) is 5.69 Å². The molecule has 2 aromatic heterocycles. The van der Waals surface area contributed by atoms with Crippen LogP contribution in [0.3, 0.4) is 0 Å². The molecular formula is C13H17N5O3. The predicted molar refractivity (Wildman–Crippen MR) is 72.7 cm³/mol. The molecule has 8 heteroatoms. The van der Waals surface area contributed by atoms with E-state index in [0.29, 0.717) is 17.4 Å². The van der Waals surface area contributed by atoms with Crippen molar-refractivity contribution < 1.29 is 14.1 Å². The molecular weight excluding hydrogens is 274 g/mol. The number of carbonyl (C=O) groups is 1. The molecule has 0 fully saturated rings. The highest BCUT2D eigenvalue weighted by atomic mass is 16.5. The van der Waals surface area contributed by atoms with Crippen molar-refractivity contribution in [2.45, 2.75) is 33.2 Å². The fourth-order valence-electron chi connectivity index (χ4n) is 1.60. The molecule has 0 bridgehead atoms. The molecule has 0 aliphatic carbocycles. The zero-order valence-electron chi connectivity index (χ0n) is 12.2. The minimum atomic E-state index is -0.533. The number of hydrogen-bond donors (Lipinski definition) is 0. The molecule has 0 amide bonds. The SMILES string of the molecule is C=CCOC(=O)c1nnn(Cc2noc(C(C)C)n2)c1C. The third-order valence-electron chi connectivity index (χ3n) is 2.78. The number of rotatable bonds is 6. The summed E-state index contributed by atoms with van der Waals surface area (Å²) >= 11 is 0. The molecule has 0 saturated carbocycles. The molecule has 0 aliphatic rings. The minimum absolute atomic E-state index is 0.133. The zero-order valence-corrected chi connectivity index (χ0v) is 12.2. The smallest absolute Gasteiger partial charge is 0.361 e. The molecule has 2 rings (SSSR count). The molecule has 0 aliphatic heterocycles. The third-order valence-corrected chi connectivity index (χ3v) is 2.78. The lowest BCUT2D eigenvalue weighted by Crippen LogP contribution is -2.09. The van der Waals surface area contributed by atoms with E-state index < -0.39 is 5.97 Å². The molecule has 2 heterocycles. The summed E-state index contributed by atoms with van der Waals surface area (Å²) in [4.78, 5) is 16.0. The Kier molecular flexibility index (Phi) is 4.46. The molecule has 0 N–H and O–H groups in total. The lowest BCUT2D eigenvalue weighted by Gasteiger charge is -2.01. The normalized spacial score (nSPS) is 10.9. The van der Waals surface area contributed by atoms with E-state index in [1.54, 1.807) is 6.92 Å². The van der Waals surface area contributed by atoms with E-state index in [4.69, 9.17) is 9.26 Å². The van der Waals surface area contributed by atoms with Gasteiger partial charge in [-0.3, -0.25) is 0 Å². The standard InChI is InChI=1S/C13H17N5O3/c1-5-6-20-13(19)11-9(4)18(17-15-11)7-10-14-12(8(2)3)21-16-10/h5,8H,1,6-7H2,2-4H3. The van der Waals surface area contributed by atoms with E-state index >= 15 is 0 Å². The lowest BCUT2D eigenvalue weighted by atomic mass is 10.2. The van der Waals surface area contributed by atoms with Gasteiger partial charge >= 0.3 is 5.97 Å². The molecule has 0 saturated heterocycles. The highest BCUT2D eigenvalue weighted by molar-refractivity contribution is 5.88. The maximum Gasteiger partial charge on any atom is 0.361 e. The van der Waals surface area contributed by atoms with Gasteiger partial charge < -0.3 is 9.26 Å². The van der Waals surface area contributed by atoms with Crippen LogP contribution in [0.25, 0.3) is 0 Å². The summed E-state index contributed by atoms with van der Waals surface area (Å²) in [5.41, 5.74) is 0.754. The molecule has 0 atom stereocenters.